The Hall–Kier alpha value is -1.50. The lowest BCUT2D eigenvalue weighted by Crippen LogP contribution is -3.12. The van der Waals surface area contributed by atoms with Gasteiger partial charge in [-0.15, -0.1) is 0 Å². The number of likely N-dealkylation sites (tertiary alicyclic amines) is 1. The van der Waals surface area contributed by atoms with E-state index in [1.807, 2.05) is 46.5 Å². The van der Waals surface area contributed by atoms with Crippen molar-refractivity contribution in [2.45, 2.75) is 32.5 Å². The highest BCUT2D eigenvalue weighted by Gasteiger charge is 2.21. The van der Waals surface area contributed by atoms with Gasteiger partial charge in [0.05, 0.1) is 19.2 Å². The van der Waals surface area contributed by atoms with Crippen molar-refractivity contribution in [3.05, 3.63) is 40.9 Å². The summed E-state index contributed by atoms with van der Waals surface area (Å²) in [7, 11) is 0. The van der Waals surface area contributed by atoms with Crippen molar-refractivity contribution < 1.29 is 10.0 Å². The van der Waals surface area contributed by atoms with Crippen LogP contribution in [0.4, 0.5) is 0 Å². The van der Waals surface area contributed by atoms with Gasteiger partial charge in [0.1, 0.15) is 5.82 Å². The lowest BCUT2D eigenvalue weighted by Gasteiger charge is -2.26. The molecule has 0 atom stereocenters. The molecule has 1 aromatic heterocycles. The van der Waals surface area contributed by atoms with Crippen LogP contribution in [0.2, 0.25) is 0 Å². The maximum Gasteiger partial charge on any atom is 0.207 e. The minimum Gasteiger partial charge on any atom is -0.393 e. The van der Waals surface area contributed by atoms with E-state index < -0.39 is 0 Å². The zero-order chi connectivity index (χ0) is 14.8. The summed E-state index contributed by atoms with van der Waals surface area (Å²) < 4.78 is 4.65. The van der Waals surface area contributed by atoms with Crippen LogP contribution in [-0.2, 0) is 6.67 Å². The van der Waals surface area contributed by atoms with Crippen molar-refractivity contribution in [2.24, 2.45) is 0 Å². The Labute approximate surface area is 129 Å². The van der Waals surface area contributed by atoms with Crippen molar-refractivity contribution in [3.8, 4) is 5.69 Å². The van der Waals surface area contributed by atoms with E-state index in [2.05, 4.69) is 5.10 Å². The molecule has 5 nitrogen and oxygen atoms in total. The van der Waals surface area contributed by atoms with Crippen LogP contribution in [0.1, 0.15) is 18.7 Å². The largest absolute Gasteiger partial charge is 0.393 e. The topological polar surface area (TPSA) is 47.4 Å². The number of para-hydroxylation sites is 1. The van der Waals surface area contributed by atoms with Gasteiger partial charge in [0.25, 0.3) is 0 Å². The van der Waals surface area contributed by atoms with Crippen molar-refractivity contribution in [1.82, 2.24) is 14.3 Å². The summed E-state index contributed by atoms with van der Waals surface area (Å²) in [5, 5.41) is 14.2. The third-order valence-corrected chi connectivity index (χ3v) is 4.44. The zero-order valence-corrected chi connectivity index (χ0v) is 13.0. The molecule has 21 heavy (non-hydrogen) atoms. The number of hydrogen-bond donors (Lipinski definition) is 2. The van der Waals surface area contributed by atoms with Crippen LogP contribution in [0.5, 0.6) is 0 Å². The van der Waals surface area contributed by atoms with E-state index in [-0.39, 0.29) is 6.10 Å². The number of hydrogen-bond acceptors (Lipinski definition) is 3. The van der Waals surface area contributed by atoms with Crippen molar-refractivity contribution >= 4 is 12.2 Å². The summed E-state index contributed by atoms with van der Waals surface area (Å²) in [6.45, 7) is 4.70. The first-order valence-electron chi connectivity index (χ1n) is 7.38. The molecule has 6 heteroatoms. The molecule has 2 aromatic rings. The number of aromatic nitrogens is 3. The van der Waals surface area contributed by atoms with E-state index in [0.29, 0.717) is 0 Å². The van der Waals surface area contributed by atoms with Gasteiger partial charge in [-0.25, -0.2) is 0 Å². The number of quaternary nitrogens is 1. The van der Waals surface area contributed by atoms with Gasteiger partial charge in [0.15, 0.2) is 6.67 Å². The van der Waals surface area contributed by atoms with Crippen LogP contribution >= 0.6 is 12.2 Å². The molecular weight excluding hydrogens is 284 g/mol. The van der Waals surface area contributed by atoms with Gasteiger partial charge < -0.3 is 10.0 Å². The second-order valence-electron chi connectivity index (χ2n) is 5.64. The normalized spacial score (nSPS) is 22.4. The van der Waals surface area contributed by atoms with Crippen LogP contribution in [0.3, 0.4) is 0 Å². The number of benzene rings is 1. The maximum absolute atomic E-state index is 9.58. The van der Waals surface area contributed by atoms with E-state index >= 15 is 0 Å². The first-order valence-corrected chi connectivity index (χ1v) is 7.79. The molecular formula is C15H21N4OS+. The predicted molar refractivity (Wildman–Crippen MR) is 83.1 cm³/mol. The first-order chi connectivity index (χ1) is 10.1. The van der Waals surface area contributed by atoms with Gasteiger partial charge in [-0.3, -0.25) is 4.57 Å². The summed E-state index contributed by atoms with van der Waals surface area (Å²) in [5.41, 5.74) is 1.05. The lowest BCUT2D eigenvalue weighted by atomic mass is 10.1. The number of aliphatic hydroxyl groups is 1. The monoisotopic (exact) mass is 305 g/mol. The van der Waals surface area contributed by atoms with Crippen LogP contribution < -0.4 is 4.90 Å². The van der Waals surface area contributed by atoms with E-state index in [1.54, 1.807) is 0 Å². The van der Waals surface area contributed by atoms with Crippen LogP contribution in [0, 0.1) is 11.7 Å². The summed E-state index contributed by atoms with van der Waals surface area (Å²) in [5.74, 6) is 0.905. The second-order valence-corrected chi connectivity index (χ2v) is 6.00. The Kier molecular flexibility index (Phi) is 4.19. The average Bonchev–Trinajstić information content (AvgIpc) is 2.77. The fraction of sp³-hybridized carbons (Fsp3) is 0.467. The van der Waals surface area contributed by atoms with E-state index in [4.69, 9.17) is 12.2 Å². The summed E-state index contributed by atoms with van der Waals surface area (Å²) in [6.07, 6.45) is 1.59. The van der Waals surface area contributed by atoms with Crippen molar-refractivity contribution in [3.63, 3.8) is 0 Å². The molecule has 0 unspecified atom stereocenters. The molecule has 0 spiro atoms. The summed E-state index contributed by atoms with van der Waals surface area (Å²) >= 11 is 5.59. The van der Waals surface area contributed by atoms with E-state index in [9.17, 15) is 5.11 Å². The molecule has 1 fully saturated rings. The Bertz CT molecular complexity index is 656. The van der Waals surface area contributed by atoms with Crippen LogP contribution in [-0.4, -0.2) is 38.6 Å². The summed E-state index contributed by atoms with van der Waals surface area (Å²) in [6, 6.07) is 10.1. The number of nitrogens with zero attached hydrogens (tertiary/aromatic N) is 3. The Balaban J connectivity index is 1.83. The highest BCUT2D eigenvalue weighted by atomic mass is 32.1. The van der Waals surface area contributed by atoms with Gasteiger partial charge in [0, 0.05) is 18.5 Å². The number of nitrogens with one attached hydrogen (secondary N) is 1. The molecule has 112 valence electrons. The number of aryl methyl sites for hydroxylation is 1. The molecule has 0 amide bonds. The van der Waals surface area contributed by atoms with Crippen LogP contribution in [0.25, 0.3) is 5.69 Å². The van der Waals surface area contributed by atoms with Gasteiger partial charge in [0.2, 0.25) is 4.77 Å². The molecule has 3 rings (SSSR count). The molecule has 1 saturated heterocycles. The standard InChI is InChI=1S/C15H20N4OS/c1-12-16-18(11-17-9-7-14(20)8-10-17)15(21)19(12)13-5-3-2-4-6-13/h2-6,14,20H,7-11H2,1H3/p+1. The molecule has 1 aliphatic heterocycles. The van der Waals surface area contributed by atoms with E-state index in [0.717, 1.165) is 48.9 Å². The highest BCUT2D eigenvalue weighted by molar-refractivity contribution is 7.71. The third-order valence-electron chi connectivity index (χ3n) is 4.05. The molecule has 0 aliphatic carbocycles. The minimum atomic E-state index is -0.134. The summed E-state index contributed by atoms with van der Waals surface area (Å²) in [4.78, 5) is 1.43. The molecule has 0 radical (unpaired) electrons. The van der Waals surface area contributed by atoms with Gasteiger partial charge in [-0.05, 0) is 31.3 Å². The molecule has 0 saturated carbocycles. The zero-order valence-electron chi connectivity index (χ0n) is 12.2. The van der Waals surface area contributed by atoms with Gasteiger partial charge in [-0.2, -0.15) is 9.78 Å². The second kappa shape index (κ2) is 6.09. The number of aliphatic hydroxyl groups excluding tert-OH is 1. The molecule has 2 heterocycles. The first kappa shape index (κ1) is 14.4. The smallest absolute Gasteiger partial charge is 0.207 e. The Morgan fingerprint density at radius 2 is 1.95 bits per heavy atom. The Morgan fingerprint density at radius 3 is 2.62 bits per heavy atom. The Morgan fingerprint density at radius 1 is 1.29 bits per heavy atom. The van der Waals surface area contributed by atoms with E-state index in [1.165, 1.54) is 4.90 Å². The molecule has 0 bridgehead atoms. The molecule has 1 aromatic carbocycles. The quantitative estimate of drug-likeness (QED) is 0.821. The van der Waals surface area contributed by atoms with Crippen LogP contribution in [0.15, 0.2) is 30.3 Å². The van der Waals surface area contributed by atoms with Crippen molar-refractivity contribution in [2.75, 3.05) is 13.1 Å². The average molecular weight is 305 g/mol. The minimum absolute atomic E-state index is 0.134. The molecule has 1 aliphatic rings. The SMILES string of the molecule is Cc1nn(C[NH+]2CCC(O)CC2)c(=S)n1-c1ccccc1. The third kappa shape index (κ3) is 3.07. The number of rotatable bonds is 3. The fourth-order valence-corrected chi connectivity index (χ4v) is 3.22. The number of piperidine rings is 1. The highest BCUT2D eigenvalue weighted by Crippen LogP contribution is 2.11. The predicted octanol–water partition coefficient (Wildman–Crippen LogP) is 0.709. The van der Waals surface area contributed by atoms with Gasteiger partial charge in [-0.1, -0.05) is 18.2 Å². The lowest BCUT2D eigenvalue weighted by molar-refractivity contribution is -0.929. The van der Waals surface area contributed by atoms with Gasteiger partial charge >= 0.3 is 0 Å². The fourth-order valence-electron chi connectivity index (χ4n) is 2.87. The van der Waals surface area contributed by atoms with Crippen molar-refractivity contribution in [1.29, 1.82) is 0 Å². The molecule has 2 N–H and O–H groups in total. The maximum atomic E-state index is 9.58.